The minimum Gasteiger partial charge on any atom is -0.449 e. The van der Waals surface area contributed by atoms with Gasteiger partial charge in [0.1, 0.15) is 0 Å². The van der Waals surface area contributed by atoms with Crippen molar-refractivity contribution >= 4 is 6.09 Å². The molecule has 0 spiro atoms. The van der Waals surface area contributed by atoms with Gasteiger partial charge in [0, 0.05) is 6.54 Å². The smallest absolute Gasteiger partial charge is 0.407 e. The van der Waals surface area contributed by atoms with E-state index < -0.39 is 18.2 Å². The van der Waals surface area contributed by atoms with E-state index in [0.29, 0.717) is 13.0 Å². The van der Waals surface area contributed by atoms with Gasteiger partial charge in [-0.05, 0) is 17.9 Å². The Morgan fingerprint density at radius 3 is 2.55 bits per heavy atom. The van der Waals surface area contributed by atoms with Crippen molar-refractivity contribution < 1.29 is 14.6 Å². The van der Waals surface area contributed by atoms with Crippen molar-refractivity contribution in [2.24, 2.45) is 11.7 Å². The SMILES string of the molecule is CC(C)COC(=O)N[C@@H](Cc1ccccc1)[C@@H](O)CN. The summed E-state index contributed by atoms with van der Waals surface area (Å²) in [6.07, 6.45) is -0.815. The number of nitrogens with two attached hydrogens (primary N) is 1. The van der Waals surface area contributed by atoms with Gasteiger partial charge in [0.2, 0.25) is 0 Å². The normalized spacial score (nSPS) is 13.8. The van der Waals surface area contributed by atoms with E-state index in [2.05, 4.69) is 5.32 Å². The van der Waals surface area contributed by atoms with Crippen molar-refractivity contribution in [2.75, 3.05) is 13.2 Å². The highest BCUT2D eigenvalue weighted by molar-refractivity contribution is 5.67. The van der Waals surface area contributed by atoms with Crippen molar-refractivity contribution in [1.29, 1.82) is 0 Å². The molecule has 0 aromatic heterocycles. The highest BCUT2D eigenvalue weighted by Gasteiger charge is 2.21. The number of aliphatic hydroxyl groups is 1. The van der Waals surface area contributed by atoms with Crippen LogP contribution >= 0.6 is 0 Å². The van der Waals surface area contributed by atoms with Crippen molar-refractivity contribution in [3.63, 3.8) is 0 Å². The zero-order chi connectivity index (χ0) is 15.0. The van der Waals surface area contributed by atoms with Gasteiger partial charge < -0.3 is 20.9 Å². The monoisotopic (exact) mass is 280 g/mol. The number of ether oxygens (including phenoxy) is 1. The molecule has 5 nitrogen and oxygen atoms in total. The summed E-state index contributed by atoms with van der Waals surface area (Å²) in [5.74, 6) is 0.271. The Bertz CT molecular complexity index is 395. The second-order valence-electron chi connectivity index (χ2n) is 5.24. The lowest BCUT2D eigenvalue weighted by molar-refractivity contribution is 0.102. The molecule has 0 aliphatic carbocycles. The first kappa shape index (κ1) is 16.5. The number of amides is 1. The maximum absolute atomic E-state index is 11.7. The fourth-order valence-electron chi connectivity index (χ4n) is 1.75. The molecule has 1 amide bonds. The lowest BCUT2D eigenvalue weighted by Gasteiger charge is -2.23. The number of hydrogen-bond donors (Lipinski definition) is 3. The van der Waals surface area contributed by atoms with Gasteiger partial charge in [-0.15, -0.1) is 0 Å². The van der Waals surface area contributed by atoms with Crippen LogP contribution in [0.5, 0.6) is 0 Å². The number of benzene rings is 1. The van der Waals surface area contributed by atoms with Gasteiger partial charge >= 0.3 is 6.09 Å². The van der Waals surface area contributed by atoms with E-state index in [9.17, 15) is 9.90 Å². The first-order valence-corrected chi connectivity index (χ1v) is 6.88. The molecule has 1 aromatic rings. The summed E-state index contributed by atoms with van der Waals surface area (Å²) in [5, 5.41) is 12.6. The third-order valence-corrected chi connectivity index (χ3v) is 2.86. The van der Waals surface area contributed by atoms with Gasteiger partial charge in [-0.25, -0.2) is 4.79 Å². The lowest BCUT2D eigenvalue weighted by Crippen LogP contribution is -2.48. The predicted molar refractivity (Wildman–Crippen MR) is 78.3 cm³/mol. The topological polar surface area (TPSA) is 84.6 Å². The van der Waals surface area contributed by atoms with Crippen molar-refractivity contribution in [2.45, 2.75) is 32.4 Å². The first-order chi connectivity index (χ1) is 9.52. The molecule has 0 radical (unpaired) electrons. The van der Waals surface area contributed by atoms with E-state index in [-0.39, 0.29) is 12.5 Å². The molecule has 0 fully saturated rings. The van der Waals surface area contributed by atoms with E-state index in [1.807, 2.05) is 44.2 Å². The summed E-state index contributed by atoms with van der Waals surface area (Å²) in [7, 11) is 0. The van der Waals surface area contributed by atoms with E-state index in [0.717, 1.165) is 5.56 Å². The molecule has 0 saturated carbocycles. The molecule has 5 heteroatoms. The zero-order valence-electron chi connectivity index (χ0n) is 12.1. The molecule has 4 N–H and O–H groups in total. The lowest BCUT2D eigenvalue weighted by atomic mass is 10.0. The minimum atomic E-state index is -0.804. The van der Waals surface area contributed by atoms with Crippen LogP contribution in [-0.2, 0) is 11.2 Å². The van der Waals surface area contributed by atoms with Crippen LogP contribution in [0.3, 0.4) is 0 Å². The molecular formula is C15H24N2O3. The minimum absolute atomic E-state index is 0.0853. The van der Waals surface area contributed by atoms with Crippen LogP contribution in [0.25, 0.3) is 0 Å². The fourth-order valence-corrected chi connectivity index (χ4v) is 1.75. The maximum Gasteiger partial charge on any atom is 0.407 e. The first-order valence-electron chi connectivity index (χ1n) is 6.88. The fraction of sp³-hybridized carbons (Fsp3) is 0.533. The molecule has 1 aromatic carbocycles. The Kier molecular flexibility index (Phi) is 7.04. The summed E-state index contributed by atoms with van der Waals surface area (Å²) < 4.78 is 5.06. The third-order valence-electron chi connectivity index (χ3n) is 2.86. The number of carbonyl (C=O) groups is 1. The highest BCUT2D eigenvalue weighted by Crippen LogP contribution is 2.06. The van der Waals surface area contributed by atoms with E-state index in [1.165, 1.54) is 0 Å². The summed E-state index contributed by atoms with van der Waals surface area (Å²) in [6, 6.07) is 9.18. The molecule has 0 heterocycles. The Morgan fingerprint density at radius 1 is 1.35 bits per heavy atom. The van der Waals surface area contributed by atoms with Crippen LogP contribution in [-0.4, -0.2) is 36.5 Å². The van der Waals surface area contributed by atoms with Gasteiger partial charge in [0.25, 0.3) is 0 Å². The molecule has 0 aliphatic rings. The Morgan fingerprint density at radius 2 is 2.00 bits per heavy atom. The van der Waals surface area contributed by atoms with E-state index in [4.69, 9.17) is 10.5 Å². The van der Waals surface area contributed by atoms with Gasteiger partial charge in [0.05, 0.1) is 18.8 Å². The quantitative estimate of drug-likeness (QED) is 0.703. The second-order valence-corrected chi connectivity index (χ2v) is 5.24. The molecule has 2 atom stereocenters. The van der Waals surface area contributed by atoms with E-state index in [1.54, 1.807) is 0 Å². The summed E-state index contributed by atoms with van der Waals surface area (Å²) in [5.41, 5.74) is 6.50. The number of aliphatic hydroxyl groups excluding tert-OH is 1. The summed E-state index contributed by atoms with van der Waals surface area (Å²) >= 11 is 0. The Labute approximate surface area is 120 Å². The number of nitrogens with one attached hydrogen (secondary N) is 1. The molecule has 0 bridgehead atoms. The average Bonchev–Trinajstić information content (AvgIpc) is 2.44. The van der Waals surface area contributed by atoms with E-state index >= 15 is 0 Å². The number of rotatable bonds is 7. The molecule has 1 rings (SSSR count). The number of alkyl carbamates (subject to hydrolysis) is 1. The Balaban J connectivity index is 2.58. The van der Waals surface area contributed by atoms with Gasteiger partial charge in [-0.1, -0.05) is 44.2 Å². The van der Waals surface area contributed by atoms with Crippen LogP contribution in [0, 0.1) is 5.92 Å². The van der Waals surface area contributed by atoms with Gasteiger partial charge in [-0.2, -0.15) is 0 Å². The molecule has 112 valence electrons. The number of carbonyl (C=O) groups excluding carboxylic acids is 1. The van der Waals surface area contributed by atoms with Crippen molar-refractivity contribution in [3.8, 4) is 0 Å². The Hall–Kier alpha value is -1.59. The largest absolute Gasteiger partial charge is 0.449 e. The highest BCUT2D eigenvalue weighted by atomic mass is 16.5. The summed E-state index contributed by atoms with van der Waals surface area (Å²) in [4.78, 5) is 11.7. The predicted octanol–water partition coefficient (Wildman–Crippen LogP) is 1.30. The van der Waals surface area contributed by atoms with Crippen LogP contribution in [0.15, 0.2) is 30.3 Å². The van der Waals surface area contributed by atoms with Gasteiger partial charge in [-0.3, -0.25) is 0 Å². The van der Waals surface area contributed by atoms with Crippen LogP contribution in [0.4, 0.5) is 4.79 Å². The standard InChI is InChI=1S/C15H24N2O3/c1-11(2)10-20-15(19)17-13(14(18)9-16)8-12-6-4-3-5-7-12/h3-7,11,13-14,18H,8-10,16H2,1-2H3,(H,17,19)/t13-,14-/m0/s1. The van der Waals surface area contributed by atoms with Crippen LogP contribution in [0.2, 0.25) is 0 Å². The van der Waals surface area contributed by atoms with Crippen molar-refractivity contribution in [3.05, 3.63) is 35.9 Å². The van der Waals surface area contributed by atoms with Gasteiger partial charge in [0.15, 0.2) is 0 Å². The number of hydrogen-bond acceptors (Lipinski definition) is 4. The average molecular weight is 280 g/mol. The third kappa shape index (κ3) is 6.04. The summed E-state index contributed by atoms with van der Waals surface area (Å²) in [6.45, 7) is 4.36. The molecular weight excluding hydrogens is 256 g/mol. The molecule has 0 aliphatic heterocycles. The zero-order valence-corrected chi connectivity index (χ0v) is 12.1. The molecule has 20 heavy (non-hydrogen) atoms. The second kappa shape index (κ2) is 8.55. The molecule has 0 saturated heterocycles. The van der Waals surface area contributed by atoms with Crippen LogP contribution in [0.1, 0.15) is 19.4 Å². The molecule has 0 unspecified atom stereocenters. The van der Waals surface area contributed by atoms with Crippen LogP contribution < -0.4 is 11.1 Å². The maximum atomic E-state index is 11.7. The van der Waals surface area contributed by atoms with Crippen molar-refractivity contribution in [1.82, 2.24) is 5.32 Å².